The molecule has 3 aromatic rings. The second-order valence-corrected chi connectivity index (χ2v) is 9.78. The maximum absolute atomic E-state index is 12.7. The van der Waals surface area contributed by atoms with Gasteiger partial charge in [0.1, 0.15) is 16.5 Å². The Morgan fingerprint density at radius 3 is 2.62 bits per heavy atom. The first-order valence-corrected chi connectivity index (χ1v) is 11.6. The van der Waals surface area contributed by atoms with Crippen molar-refractivity contribution >= 4 is 27.7 Å². The van der Waals surface area contributed by atoms with Gasteiger partial charge in [-0.2, -0.15) is 0 Å². The fraction of sp³-hybridized carbons (Fsp3) is 0.316. The topological polar surface area (TPSA) is 98.3 Å². The SMILES string of the molecule is CC(C)c1nnc(SCCN2C(=O)c3ccccc3S2(=O)=O)n1Cc1ccco1. The maximum atomic E-state index is 12.7. The van der Waals surface area contributed by atoms with E-state index in [0.717, 1.165) is 15.9 Å². The van der Waals surface area contributed by atoms with Crippen molar-refractivity contribution in [3.63, 3.8) is 0 Å². The first-order chi connectivity index (χ1) is 13.9. The van der Waals surface area contributed by atoms with Gasteiger partial charge >= 0.3 is 0 Å². The number of sulfonamides is 1. The molecule has 0 bridgehead atoms. The summed E-state index contributed by atoms with van der Waals surface area (Å²) in [6, 6.07) is 9.98. The largest absolute Gasteiger partial charge is 0.467 e. The summed E-state index contributed by atoms with van der Waals surface area (Å²) in [5.74, 6) is 1.65. The third kappa shape index (κ3) is 3.58. The summed E-state index contributed by atoms with van der Waals surface area (Å²) in [6.07, 6.45) is 1.61. The molecule has 0 saturated carbocycles. The lowest BCUT2D eigenvalue weighted by molar-refractivity contribution is 0.0876. The second kappa shape index (κ2) is 7.68. The molecule has 152 valence electrons. The monoisotopic (exact) mass is 432 g/mol. The average molecular weight is 433 g/mol. The average Bonchev–Trinajstić information content (AvgIpc) is 3.38. The Bertz CT molecular complexity index is 1140. The molecule has 0 saturated heterocycles. The van der Waals surface area contributed by atoms with Crippen molar-refractivity contribution in [2.45, 2.75) is 36.4 Å². The van der Waals surface area contributed by atoms with Crippen LogP contribution < -0.4 is 0 Å². The fourth-order valence-corrected chi connectivity index (χ4v) is 5.77. The van der Waals surface area contributed by atoms with Gasteiger partial charge in [0.2, 0.25) is 0 Å². The third-order valence-electron chi connectivity index (χ3n) is 4.59. The van der Waals surface area contributed by atoms with Gasteiger partial charge in [0.25, 0.3) is 15.9 Å². The zero-order chi connectivity index (χ0) is 20.6. The number of carbonyl (C=O) groups excluding carboxylic acids is 1. The summed E-state index contributed by atoms with van der Waals surface area (Å²) >= 11 is 1.36. The van der Waals surface area contributed by atoms with E-state index in [2.05, 4.69) is 10.2 Å². The molecule has 0 spiro atoms. The highest BCUT2D eigenvalue weighted by Gasteiger charge is 2.40. The second-order valence-electron chi connectivity index (χ2n) is 6.89. The van der Waals surface area contributed by atoms with E-state index in [1.807, 2.05) is 30.5 Å². The van der Waals surface area contributed by atoms with Gasteiger partial charge in [-0.15, -0.1) is 10.2 Å². The van der Waals surface area contributed by atoms with Gasteiger partial charge < -0.3 is 4.42 Å². The van der Waals surface area contributed by atoms with Gasteiger partial charge in [-0.1, -0.05) is 37.7 Å². The molecule has 3 heterocycles. The number of amides is 1. The maximum Gasteiger partial charge on any atom is 0.269 e. The molecule has 2 aromatic heterocycles. The number of carbonyl (C=O) groups is 1. The summed E-state index contributed by atoms with van der Waals surface area (Å²) in [5, 5.41) is 9.19. The molecule has 8 nitrogen and oxygen atoms in total. The molecular formula is C19H20N4O4S2. The molecule has 0 unspecified atom stereocenters. The summed E-state index contributed by atoms with van der Waals surface area (Å²) in [7, 11) is -3.80. The number of hydrogen-bond acceptors (Lipinski definition) is 7. The van der Waals surface area contributed by atoms with Gasteiger partial charge in [-0.05, 0) is 24.3 Å². The molecule has 1 amide bonds. The number of benzene rings is 1. The summed E-state index contributed by atoms with van der Waals surface area (Å²) in [5.41, 5.74) is 0.223. The number of hydrogen-bond donors (Lipinski definition) is 0. The molecule has 1 aliphatic heterocycles. The molecular weight excluding hydrogens is 412 g/mol. The quantitative estimate of drug-likeness (QED) is 0.529. The van der Waals surface area contributed by atoms with Crippen molar-refractivity contribution in [3.05, 3.63) is 59.8 Å². The highest BCUT2D eigenvalue weighted by Crippen LogP contribution is 2.31. The first-order valence-electron chi connectivity index (χ1n) is 9.14. The van der Waals surface area contributed by atoms with E-state index in [0.29, 0.717) is 17.5 Å². The molecule has 0 atom stereocenters. The van der Waals surface area contributed by atoms with Crippen LogP contribution in [0.25, 0.3) is 0 Å². The van der Waals surface area contributed by atoms with Crippen molar-refractivity contribution < 1.29 is 17.6 Å². The van der Waals surface area contributed by atoms with Gasteiger partial charge in [0, 0.05) is 18.2 Å². The van der Waals surface area contributed by atoms with Gasteiger partial charge in [-0.3, -0.25) is 9.36 Å². The van der Waals surface area contributed by atoms with Crippen molar-refractivity contribution in [3.8, 4) is 0 Å². The highest BCUT2D eigenvalue weighted by atomic mass is 32.2. The predicted octanol–water partition coefficient (Wildman–Crippen LogP) is 2.98. The molecule has 0 N–H and O–H groups in total. The summed E-state index contributed by atoms with van der Waals surface area (Å²) in [6.45, 7) is 4.61. The van der Waals surface area contributed by atoms with Crippen molar-refractivity contribution in [1.82, 2.24) is 19.1 Å². The van der Waals surface area contributed by atoms with Crippen LogP contribution in [0.2, 0.25) is 0 Å². The van der Waals surface area contributed by atoms with Crippen LogP contribution in [-0.2, 0) is 16.6 Å². The molecule has 10 heteroatoms. The van der Waals surface area contributed by atoms with Crippen molar-refractivity contribution in [1.29, 1.82) is 0 Å². The Balaban J connectivity index is 1.50. The minimum Gasteiger partial charge on any atom is -0.467 e. The summed E-state index contributed by atoms with van der Waals surface area (Å²) < 4.78 is 33.7. The van der Waals surface area contributed by atoms with E-state index < -0.39 is 15.9 Å². The lowest BCUT2D eigenvalue weighted by atomic mass is 10.2. The number of thioether (sulfide) groups is 1. The minimum absolute atomic E-state index is 0.0607. The van der Waals surface area contributed by atoms with Gasteiger partial charge in [-0.25, -0.2) is 12.7 Å². The van der Waals surface area contributed by atoms with E-state index in [9.17, 15) is 13.2 Å². The zero-order valence-electron chi connectivity index (χ0n) is 16.0. The molecule has 0 aliphatic carbocycles. The predicted molar refractivity (Wildman–Crippen MR) is 107 cm³/mol. The minimum atomic E-state index is -3.80. The molecule has 1 aliphatic rings. The molecule has 4 rings (SSSR count). The Morgan fingerprint density at radius 1 is 1.14 bits per heavy atom. The lowest BCUT2D eigenvalue weighted by Crippen LogP contribution is -2.32. The van der Waals surface area contributed by atoms with Crippen molar-refractivity contribution in [2.75, 3.05) is 12.3 Å². The van der Waals surface area contributed by atoms with Crippen LogP contribution in [0.15, 0.2) is 57.1 Å². The van der Waals surface area contributed by atoms with Crippen LogP contribution in [0.5, 0.6) is 0 Å². The van der Waals surface area contributed by atoms with Crippen LogP contribution >= 0.6 is 11.8 Å². The van der Waals surface area contributed by atoms with Crippen LogP contribution in [0.1, 0.15) is 41.7 Å². The number of aromatic nitrogens is 3. The Hall–Kier alpha value is -2.59. The Kier molecular flexibility index (Phi) is 5.22. The van der Waals surface area contributed by atoms with E-state index >= 15 is 0 Å². The van der Waals surface area contributed by atoms with E-state index in [4.69, 9.17) is 4.42 Å². The van der Waals surface area contributed by atoms with Crippen molar-refractivity contribution in [2.24, 2.45) is 0 Å². The smallest absolute Gasteiger partial charge is 0.269 e. The standard InChI is InChI=1S/C19H20N4O4S2/c1-13(2)17-20-21-19(22(17)12-14-6-5-10-27-14)28-11-9-23-18(24)15-7-3-4-8-16(15)29(23,25)26/h3-8,10,13H,9,11-12H2,1-2H3. The number of fused-ring (bicyclic) bond motifs is 1. The fourth-order valence-electron chi connectivity index (χ4n) is 3.21. The number of rotatable bonds is 7. The molecule has 0 radical (unpaired) electrons. The zero-order valence-corrected chi connectivity index (χ0v) is 17.6. The van der Waals surface area contributed by atoms with Gasteiger partial charge in [0.05, 0.1) is 18.4 Å². The molecule has 1 aromatic carbocycles. The van der Waals surface area contributed by atoms with Crippen LogP contribution in [0.4, 0.5) is 0 Å². The van der Waals surface area contributed by atoms with E-state index in [-0.39, 0.29) is 22.9 Å². The Labute approximate surface area is 173 Å². The van der Waals surface area contributed by atoms with Gasteiger partial charge in [0.15, 0.2) is 5.16 Å². The Morgan fingerprint density at radius 2 is 1.93 bits per heavy atom. The molecule has 0 fully saturated rings. The first kappa shape index (κ1) is 19.7. The van der Waals surface area contributed by atoms with Crippen LogP contribution in [-0.4, -0.2) is 45.7 Å². The van der Waals surface area contributed by atoms with E-state index in [1.165, 1.54) is 23.9 Å². The molecule has 29 heavy (non-hydrogen) atoms. The van der Waals surface area contributed by atoms with Crippen LogP contribution in [0, 0.1) is 0 Å². The third-order valence-corrected chi connectivity index (χ3v) is 7.38. The number of furan rings is 1. The van der Waals surface area contributed by atoms with E-state index in [1.54, 1.807) is 18.4 Å². The highest BCUT2D eigenvalue weighted by molar-refractivity contribution is 7.99. The number of nitrogens with zero attached hydrogens (tertiary/aromatic N) is 4. The lowest BCUT2D eigenvalue weighted by Gasteiger charge is -2.15. The van der Waals surface area contributed by atoms with Crippen LogP contribution in [0.3, 0.4) is 0 Å². The normalized spacial score (nSPS) is 15.3. The summed E-state index contributed by atoms with van der Waals surface area (Å²) in [4.78, 5) is 12.6.